The van der Waals surface area contributed by atoms with E-state index in [4.69, 9.17) is 0 Å². The molecule has 1 unspecified atom stereocenters. The second-order valence-electron chi connectivity index (χ2n) is 7.70. The van der Waals surface area contributed by atoms with Gasteiger partial charge < -0.3 is 5.32 Å². The summed E-state index contributed by atoms with van der Waals surface area (Å²) < 4.78 is 1.60. The number of imide groups is 1. The molecule has 34 heavy (non-hydrogen) atoms. The molecule has 0 bridgehead atoms. The molecule has 0 radical (unpaired) electrons. The first-order valence-corrected chi connectivity index (χ1v) is 11.2. The number of benzene rings is 2. The molecule has 10 nitrogen and oxygen atoms in total. The van der Waals surface area contributed by atoms with Gasteiger partial charge in [-0.2, -0.15) is 4.98 Å². The maximum atomic E-state index is 12.8. The van der Waals surface area contributed by atoms with E-state index in [0.29, 0.717) is 10.6 Å². The summed E-state index contributed by atoms with van der Waals surface area (Å²) >= 11 is 1.35. The van der Waals surface area contributed by atoms with Crippen LogP contribution in [0.2, 0.25) is 0 Å². The Morgan fingerprint density at radius 3 is 2.24 bits per heavy atom. The van der Waals surface area contributed by atoms with Gasteiger partial charge in [-0.3, -0.25) is 29.4 Å². The van der Waals surface area contributed by atoms with Crippen molar-refractivity contribution < 1.29 is 19.2 Å². The van der Waals surface area contributed by atoms with Crippen molar-refractivity contribution in [3.8, 4) is 11.3 Å². The fraction of sp³-hybridized carbons (Fsp3) is 0.130. The van der Waals surface area contributed by atoms with E-state index in [1.54, 1.807) is 40.9 Å². The molecule has 0 fully saturated rings. The molecule has 2 aromatic carbocycles. The third-order valence-electron chi connectivity index (χ3n) is 5.41. The Bertz CT molecular complexity index is 1440. The van der Waals surface area contributed by atoms with Gasteiger partial charge >= 0.3 is 0 Å². The number of nitrogens with zero attached hydrogens (tertiary/aromatic N) is 4. The van der Waals surface area contributed by atoms with Crippen LogP contribution in [-0.4, -0.2) is 49.2 Å². The van der Waals surface area contributed by atoms with Crippen molar-refractivity contribution in [1.82, 2.24) is 19.5 Å². The number of hydrogen-bond donors (Lipinski definition) is 2. The van der Waals surface area contributed by atoms with E-state index in [1.165, 1.54) is 25.2 Å². The summed E-state index contributed by atoms with van der Waals surface area (Å²) in [6.07, 6.45) is 0. The number of rotatable bonds is 5. The predicted octanol–water partition coefficient (Wildman–Crippen LogP) is 3.04. The van der Waals surface area contributed by atoms with Crippen LogP contribution >= 0.6 is 11.3 Å². The summed E-state index contributed by atoms with van der Waals surface area (Å²) in [7, 11) is 0. The smallest absolute Gasteiger partial charge is 0.262 e. The largest absolute Gasteiger partial charge is 0.326 e. The lowest BCUT2D eigenvalue weighted by Gasteiger charge is -2.20. The number of fused-ring (bicyclic) bond motifs is 2. The number of carbonyl (C=O) groups is 4. The first kappa shape index (κ1) is 21.5. The van der Waals surface area contributed by atoms with E-state index < -0.39 is 23.8 Å². The Labute approximate surface area is 197 Å². The summed E-state index contributed by atoms with van der Waals surface area (Å²) in [6, 6.07) is 12.7. The van der Waals surface area contributed by atoms with E-state index in [1.807, 2.05) is 17.5 Å². The normalized spacial score (nSPS) is 13.8. The van der Waals surface area contributed by atoms with Crippen LogP contribution < -0.4 is 10.6 Å². The summed E-state index contributed by atoms with van der Waals surface area (Å²) in [6.45, 7) is 2.92. The van der Waals surface area contributed by atoms with Crippen molar-refractivity contribution in [2.45, 2.75) is 19.9 Å². The maximum Gasteiger partial charge on any atom is 0.262 e. The van der Waals surface area contributed by atoms with E-state index in [9.17, 15) is 19.2 Å². The number of hydrogen-bond acceptors (Lipinski definition) is 7. The zero-order valence-corrected chi connectivity index (χ0v) is 18.9. The lowest BCUT2D eigenvalue weighted by molar-refractivity contribution is -0.119. The lowest BCUT2D eigenvalue weighted by atomic mass is 10.1. The van der Waals surface area contributed by atoms with Crippen LogP contribution in [0.3, 0.4) is 0 Å². The quantitative estimate of drug-likeness (QED) is 0.428. The molecule has 170 valence electrons. The Morgan fingerprint density at radius 2 is 1.62 bits per heavy atom. The second-order valence-corrected chi connectivity index (χ2v) is 8.54. The standard InChI is InChI=1S/C23H18N6O4S/c1-12(28-20(32)16-5-3-4-6-17(16)21(28)33)19(31)25-22-26-23-29(27-22)18(11-34-23)14-7-9-15(10-8-14)24-13(2)30/h3-12H,1-2H3,(H,24,30)(H,25,27,31). The average molecular weight is 475 g/mol. The number of anilines is 2. The van der Waals surface area contributed by atoms with Crippen LogP contribution in [-0.2, 0) is 9.59 Å². The molecule has 0 saturated carbocycles. The Kier molecular flexibility index (Phi) is 5.17. The van der Waals surface area contributed by atoms with Gasteiger partial charge in [0.25, 0.3) is 17.8 Å². The van der Waals surface area contributed by atoms with Crippen molar-refractivity contribution in [2.75, 3.05) is 10.6 Å². The van der Waals surface area contributed by atoms with E-state index in [0.717, 1.165) is 16.2 Å². The predicted molar refractivity (Wildman–Crippen MR) is 126 cm³/mol. The molecule has 1 aliphatic heterocycles. The number of amides is 4. The number of aromatic nitrogens is 3. The number of carbonyl (C=O) groups excluding carboxylic acids is 4. The molecular weight excluding hydrogens is 456 g/mol. The molecule has 3 heterocycles. The minimum atomic E-state index is -1.05. The first-order chi connectivity index (χ1) is 16.3. The zero-order valence-electron chi connectivity index (χ0n) is 18.1. The third-order valence-corrected chi connectivity index (χ3v) is 6.23. The van der Waals surface area contributed by atoms with E-state index >= 15 is 0 Å². The second kappa shape index (κ2) is 8.19. The molecule has 2 aromatic heterocycles. The molecule has 1 atom stereocenters. The maximum absolute atomic E-state index is 12.8. The van der Waals surface area contributed by atoms with Crippen LogP contribution in [0.15, 0.2) is 53.9 Å². The van der Waals surface area contributed by atoms with Crippen LogP contribution in [0.1, 0.15) is 34.6 Å². The van der Waals surface area contributed by atoms with Crippen LogP contribution in [0.5, 0.6) is 0 Å². The van der Waals surface area contributed by atoms with Gasteiger partial charge in [0.05, 0.1) is 16.8 Å². The molecule has 2 N–H and O–H groups in total. The van der Waals surface area contributed by atoms with Crippen molar-refractivity contribution in [2.24, 2.45) is 0 Å². The van der Waals surface area contributed by atoms with Gasteiger partial charge in [-0.15, -0.1) is 16.4 Å². The highest BCUT2D eigenvalue weighted by atomic mass is 32.1. The van der Waals surface area contributed by atoms with Gasteiger partial charge in [0.1, 0.15) is 6.04 Å². The molecule has 4 aromatic rings. The fourth-order valence-electron chi connectivity index (χ4n) is 3.75. The molecule has 0 spiro atoms. The van der Waals surface area contributed by atoms with Crippen molar-refractivity contribution >= 4 is 51.6 Å². The summed E-state index contributed by atoms with van der Waals surface area (Å²) in [4.78, 5) is 55.2. The van der Waals surface area contributed by atoms with Gasteiger partial charge in [0, 0.05) is 23.6 Å². The monoisotopic (exact) mass is 474 g/mol. The highest BCUT2D eigenvalue weighted by molar-refractivity contribution is 7.15. The summed E-state index contributed by atoms with van der Waals surface area (Å²) in [5.74, 6) is -1.68. The number of thiazole rings is 1. The zero-order chi connectivity index (χ0) is 24.0. The van der Waals surface area contributed by atoms with Crippen LogP contribution in [0.25, 0.3) is 16.2 Å². The topological polar surface area (TPSA) is 126 Å². The van der Waals surface area contributed by atoms with E-state index in [2.05, 4.69) is 20.7 Å². The van der Waals surface area contributed by atoms with Gasteiger partial charge in [-0.25, -0.2) is 4.52 Å². The summed E-state index contributed by atoms with van der Waals surface area (Å²) in [5, 5.41) is 11.6. The lowest BCUT2D eigenvalue weighted by Crippen LogP contribution is -2.45. The Balaban J connectivity index is 1.34. The average Bonchev–Trinajstić information content (AvgIpc) is 3.46. The SMILES string of the molecule is CC(=O)Nc1ccc(-c2csc3nc(NC(=O)C(C)N4C(=O)c5ccccc5C4=O)nn23)cc1. The molecule has 0 saturated heterocycles. The summed E-state index contributed by atoms with van der Waals surface area (Å²) in [5.41, 5.74) is 2.85. The number of nitrogens with one attached hydrogen (secondary N) is 2. The fourth-order valence-corrected chi connectivity index (χ4v) is 4.58. The van der Waals surface area contributed by atoms with Gasteiger partial charge in [-0.05, 0) is 31.2 Å². The van der Waals surface area contributed by atoms with Gasteiger partial charge in [-0.1, -0.05) is 24.3 Å². The van der Waals surface area contributed by atoms with Gasteiger partial charge in [0.2, 0.25) is 16.8 Å². The molecule has 4 amide bonds. The molecular formula is C23H18N6O4S. The minimum Gasteiger partial charge on any atom is -0.326 e. The molecule has 5 rings (SSSR count). The Hall–Kier alpha value is -4.38. The third kappa shape index (κ3) is 3.61. The van der Waals surface area contributed by atoms with Crippen molar-refractivity contribution in [3.05, 3.63) is 65.0 Å². The first-order valence-electron chi connectivity index (χ1n) is 10.3. The molecule has 0 aliphatic carbocycles. The van der Waals surface area contributed by atoms with Gasteiger partial charge in [0.15, 0.2) is 0 Å². The highest BCUT2D eigenvalue weighted by Crippen LogP contribution is 2.28. The molecule has 1 aliphatic rings. The Morgan fingerprint density at radius 1 is 0.971 bits per heavy atom. The van der Waals surface area contributed by atoms with Crippen LogP contribution in [0, 0.1) is 0 Å². The van der Waals surface area contributed by atoms with Crippen molar-refractivity contribution in [3.63, 3.8) is 0 Å². The van der Waals surface area contributed by atoms with Crippen molar-refractivity contribution in [1.29, 1.82) is 0 Å². The van der Waals surface area contributed by atoms with Crippen LogP contribution in [0.4, 0.5) is 11.6 Å². The molecule has 11 heteroatoms. The minimum absolute atomic E-state index is 0.0661. The highest BCUT2D eigenvalue weighted by Gasteiger charge is 2.40. The van der Waals surface area contributed by atoms with E-state index in [-0.39, 0.29) is 23.0 Å².